The van der Waals surface area contributed by atoms with E-state index in [9.17, 15) is 4.79 Å². The van der Waals surface area contributed by atoms with Crippen molar-refractivity contribution in [2.24, 2.45) is 5.92 Å². The van der Waals surface area contributed by atoms with Crippen molar-refractivity contribution in [3.05, 3.63) is 0 Å². The molecule has 0 bridgehead atoms. The monoisotopic (exact) mass is 156 g/mol. The lowest BCUT2D eigenvalue weighted by molar-refractivity contribution is -0.119. The molecule has 1 aliphatic rings. The summed E-state index contributed by atoms with van der Waals surface area (Å²) in [5, 5.41) is 0. The Balaban J connectivity index is 2.14. The van der Waals surface area contributed by atoms with E-state index in [2.05, 4.69) is 11.9 Å². The zero-order valence-corrected chi connectivity index (χ0v) is 7.29. The summed E-state index contributed by atoms with van der Waals surface area (Å²) in [5.74, 6) is 0.713. The third kappa shape index (κ3) is 2.19. The highest BCUT2D eigenvalue weighted by molar-refractivity contribution is 5.46. The molecule has 1 saturated heterocycles. The lowest BCUT2D eigenvalue weighted by Crippen LogP contribution is -2.49. The van der Waals surface area contributed by atoms with E-state index in [0.29, 0.717) is 5.92 Å². The number of hydrogen-bond acceptors (Lipinski definition) is 2. The lowest BCUT2D eigenvalue weighted by Gasteiger charge is -2.38. The van der Waals surface area contributed by atoms with Crippen LogP contribution in [0.2, 0.25) is 0 Å². The van der Waals surface area contributed by atoms with Crippen LogP contribution in [0.15, 0.2) is 0 Å². The van der Waals surface area contributed by atoms with E-state index in [4.69, 9.17) is 0 Å². The Bertz CT molecular complexity index is 132. The van der Waals surface area contributed by atoms with Crippen molar-refractivity contribution in [1.29, 1.82) is 0 Å². The molecule has 1 rings (SSSR count). The molecule has 0 aromatic heterocycles. The summed E-state index contributed by atoms with van der Waals surface area (Å²) in [5.41, 5.74) is 0. The lowest BCUT2D eigenvalue weighted by atomic mass is 10.0. The molecular formula is C8H16N2O. The van der Waals surface area contributed by atoms with E-state index < -0.39 is 0 Å². The Morgan fingerprint density at radius 1 is 1.64 bits per heavy atom. The number of carbonyl (C=O) groups is 1. The first-order chi connectivity index (χ1) is 5.26. The molecule has 0 aromatic carbocycles. The van der Waals surface area contributed by atoms with Gasteiger partial charge in [0.1, 0.15) is 0 Å². The van der Waals surface area contributed by atoms with Crippen molar-refractivity contribution in [3.63, 3.8) is 0 Å². The maximum absolute atomic E-state index is 10.4. The summed E-state index contributed by atoms with van der Waals surface area (Å²) in [6.07, 6.45) is 0.943. The molecule has 0 spiro atoms. The van der Waals surface area contributed by atoms with E-state index >= 15 is 0 Å². The first kappa shape index (κ1) is 8.53. The molecule has 0 atom stereocenters. The van der Waals surface area contributed by atoms with Crippen LogP contribution in [0, 0.1) is 5.92 Å². The summed E-state index contributed by atoms with van der Waals surface area (Å²) >= 11 is 0. The minimum atomic E-state index is 0.713. The summed E-state index contributed by atoms with van der Waals surface area (Å²) in [6, 6.07) is 0. The fourth-order valence-electron chi connectivity index (χ4n) is 1.52. The van der Waals surface area contributed by atoms with Gasteiger partial charge in [0.2, 0.25) is 6.41 Å². The van der Waals surface area contributed by atoms with E-state index in [1.54, 1.807) is 0 Å². The Morgan fingerprint density at radius 3 is 2.64 bits per heavy atom. The number of rotatable bonds is 4. The van der Waals surface area contributed by atoms with Crippen LogP contribution in [0.3, 0.4) is 0 Å². The first-order valence-electron chi connectivity index (χ1n) is 4.14. The minimum Gasteiger partial charge on any atom is -0.345 e. The van der Waals surface area contributed by atoms with Gasteiger partial charge >= 0.3 is 0 Å². The number of likely N-dealkylation sites (tertiary alicyclic amines) is 1. The molecule has 0 N–H and O–H groups in total. The van der Waals surface area contributed by atoms with Crippen molar-refractivity contribution >= 4 is 6.41 Å². The van der Waals surface area contributed by atoms with Gasteiger partial charge < -0.3 is 9.80 Å². The van der Waals surface area contributed by atoms with Gasteiger partial charge in [0.25, 0.3) is 0 Å². The van der Waals surface area contributed by atoms with Crippen LogP contribution >= 0.6 is 0 Å². The quantitative estimate of drug-likeness (QED) is 0.536. The van der Waals surface area contributed by atoms with E-state index in [0.717, 1.165) is 32.6 Å². The summed E-state index contributed by atoms with van der Waals surface area (Å²) in [6.45, 7) is 6.07. The molecule has 1 heterocycles. The van der Waals surface area contributed by atoms with E-state index in [1.165, 1.54) is 0 Å². The smallest absolute Gasteiger partial charge is 0.209 e. The van der Waals surface area contributed by atoms with Crippen LogP contribution in [-0.4, -0.2) is 49.4 Å². The Hall–Kier alpha value is -0.570. The fourth-order valence-corrected chi connectivity index (χ4v) is 1.52. The summed E-state index contributed by atoms with van der Waals surface area (Å²) < 4.78 is 0. The van der Waals surface area contributed by atoms with Gasteiger partial charge in [-0.2, -0.15) is 0 Å². The highest BCUT2D eigenvalue weighted by atomic mass is 16.1. The Morgan fingerprint density at radius 2 is 2.27 bits per heavy atom. The molecule has 64 valence electrons. The molecule has 0 aromatic rings. The zero-order chi connectivity index (χ0) is 8.27. The molecule has 0 aliphatic carbocycles. The average Bonchev–Trinajstić information content (AvgIpc) is 1.96. The van der Waals surface area contributed by atoms with Gasteiger partial charge in [-0.25, -0.2) is 0 Å². The predicted octanol–water partition coefficient (Wildman–Crippen LogP) is 0.0263. The minimum absolute atomic E-state index is 0.713. The van der Waals surface area contributed by atoms with Crippen molar-refractivity contribution in [2.45, 2.75) is 6.92 Å². The van der Waals surface area contributed by atoms with Crippen molar-refractivity contribution in [1.82, 2.24) is 9.80 Å². The third-order valence-electron chi connectivity index (χ3n) is 2.19. The van der Waals surface area contributed by atoms with Gasteiger partial charge in [0, 0.05) is 32.1 Å². The van der Waals surface area contributed by atoms with Crippen LogP contribution < -0.4 is 0 Å². The van der Waals surface area contributed by atoms with E-state index in [-0.39, 0.29) is 0 Å². The fraction of sp³-hybridized carbons (Fsp3) is 0.875. The largest absolute Gasteiger partial charge is 0.345 e. The van der Waals surface area contributed by atoms with Crippen LogP contribution in [0.5, 0.6) is 0 Å². The normalized spacial score (nSPS) is 19.5. The predicted molar refractivity (Wildman–Crippen MR) is 44.3 cm³/mol. The number of nitrogens with zero attached hydrogens (tertiary/aromatic N) is 2. The van der Waals surface area contributed by atoms with Gasteiger partial charge in [-0.15, -0.1) is 0 Å². The molecule has 11 heavy (non-hydrogen) atoms. The number of hydrogen-bond donors (Lipinski definition) is 0. The second-order valence-corrected chi connectivity index (χ2v) is 3.28. The number of carbonyl (C=O) groups excluding carboxylic acids is 1. The van der Waals surface area contributed by atoms with Gasteiger partial charge in [-0.3, -0.25) is 4.79 Å². The van der Waals surface area contributed by atoms with Crippen LogP contribution in [0.25, 0.3) is 0 Å². The SMILES string of the molecule is CCN(C=O)CC1CN(C)C1. The zero-order valence-electron chi connectivity index (χ0n) is 7.29. The molecule has 1 amide bonds. The standard InChI is InChI=1S/C8H16N2O/c1-3-10(7-11)6-8-4-9(2)5-8/h7-8H,3-6H2,1-2H3. The Kier molecular flexibility index (Phi) is 2.88. The molecular weight excluding hydrogens is 140 g/mol. The highest BCUT2D eigenvalue weighted by Gasteiger charge is 2.24. The van der Waals surface area contributed by atoms with Crippen LogP contribution in [-0.2, 0) is 4.79 Å². The Labute approximate surface area is 68.0 Å². The molecule has 3 heteroatoms. The molecule has 1 aliphatic heterocycles. The van der Waals surface area contributed by atoms with Crippen molar-refractivity contribution in [2.75, 3.05) is 33.2 Å². The molecule has 3 nitrogen and oxygen atoms in total. The summed E-state index contributed by atoms with van der Waals surface area (Å²) in [4.78, 5) is 14.5. The second-order valence-electron chi connectivity index (χ2n) is 3.28. The van der Waals surface area contributed by atoms with Gasteiger partial charge in [-0.05, 0) is 14.0 Å². The topological polar surface area (TPSA) is 23.6 Å². The van der Waals surface area contributed by atoms with Gasteiger partial charge in [0.05, 0.1) is 0 Å². The van der Waals surface area contributed by atoms with Gasteiger partial charge in [0.15, 0.2) is 0 Å². The molecule has 0 unspecified atom stereocenters. The number of amides is 1. The molecule has 0 saturated carbocycles. The summed E-state index contributed by atoms with van der Waals surface area (Å²) in [7, 11) is 2.10. The van der Waals surface area contributed by atoms with E-state index in [1.807, 2.05) is 11.8 Å². The average molecular weight is 156 g/mol. The van der Waals surface area contributed by atoms with Crippen LogP contribution in [0.4, 0.5) is 0 Å². The maximum Gasteiger partial charge on any atom is 0.209 e. The van der Waals surface area contributed by atoms with Gasteiger partial charge in [-0.1, -0.05) is 0 Å². The highest BCUT2D eigenvalue weighted by Crippen LogP contribution is 2.13. The third-order valence-corrected chi connectivity index (χ3v) is 2.19. The van der Waals surface area contributed by atoms with Crippen molar-refractivity contribution < 1.29 is 4.79 Å². The maximum atomic E-state index is 10.4. The van der Waals surface area contributed by atoms with Crippen LogP contribution in [0.1, 0.15) is 6.92 Å². The molecule has 1 fully saturated rings. The van der Waals surface area contributed by atoms with Crippen molar-refractivity contribution in [3.8, 4) is 0 Å². The first-order valence-corrected chi connectivity index (χ1v) is 4.14. The second kappa shape index (κ2) is 3.72. The molecule has 0 radical (unpaired) electrons.